The molecule has 5 rings (SSSR count). The number of nitrogens with one attached hydrogen (secondary N) is 2. The van der Waals surface area contributed by atoms with Gasteiger partial charge in [-0.2, -0.15) is 18.2 Å². The largest absolute Gasteiger partial charge is 0.449 e. The number of likely N-dealkylation sites (tertiary alicyclic amines) is 1. The van der Waals surface area contributed by atoms with E-state index in [1.165, 1.54) is 4.90 Å². The predicted molar refractivity (Wildman–Crippen MR) is 140 cm³/mol. The number of likely N-dealkylation sites (N-methyl/N-ethyl adjacent to an activating group) is 1. The summed E-state index contributed by atoms with van der Waals surface area (Å²) in [7, 11) is 2.13. The van der Waals surface area contributed by atoms with Crippen LogP contribution in [0, 0.1) is 0 Å². The van der Waals surface area contributed by atoms with E-state index in [1.807, 2.05) is 12.1 Å². The Morgan fingerprint density at radius 3 is 2.74 bits per heavy atom. The highest BCUT2D eigenvalue weighted by atomic mass is 19.4. The van der Waals surface area contributed by atoms with E-state index < -0.39 is 23.9 Å². The van der Waals surface area contributed by atoms with Crippen LogP contribution in [0.2, 0.25) is 0 Å². The number of amides is 1. The van der Waals surface area contributed by atoms with Crippen LogP contribution in [-0.4, -0.2) is 89.4 Å². The lowest BCUT2D eigenvalue weighted by Gasteiger charge is -2.34. The maximum absolute atomic E-state index is 13.7. The van der Waals surface area contributed by atoms with Crippen molar-refractivity contribution in [3.8, 4) is 0 Å². The monoisotopic (exact) mass is 549 g/mol. The Morgan fingerprint density at radius 1 is 1.26 bits per heavy atom. The average molecular weight is 550 g/mol. The average Bonchev–Trinajstić information content (AvgIpc) is 3.47. The second-order valence-corrected chi connectivity index (χ2v) is 10.4. The number of benzene rings is 1. The maximum Gasteiger partial charge on any atom is 0.421 e. The van der Waals surface area contributed by atoms with E-state index in [0.29, 0.717) is 49.5 Å². The number of aromatic nitrogens is 2. The molecule has 212 valence electrons. The number of fused-ring (bicyclic) bond motifs is 2. The molecule has 3 aliphatic rings. The Morgan fingerprint density at radius 2 is 2.08 bits per heavy atom. The lowest BCUT2D eigenvalue weighted by Crippen LogP contribution is -2.44. The zero-order valence-corrected chi connectivity index (χ0v) is 22.0. The molecule has 0 spiro atoms. The van der Waals surface area contributed by atoms with Crippen LogP contribution in [0.25, 0.3) is 0 Å². The Bertz CT molecular complexity index is 1190. The summed E-state index contributed by atoms with van der Waals surface area (Å²) in [5.74, 6) is -0.379. The molecule has 1 amide bonds. The van der Waals surface area contributed by atoms with Crippen molar-refractivity contribution < 1.29 is 27.8 Å². The first-order valence-corrected chi connectivity index (χ1v) is 13.3. The number of halogens is 3. The van der Waals surface area contributed by atoms with E-state index in [1.54, 1.807) is 13.0 Å². The van der Waals surface area contributed by atoms with Crippen molar-refractivity contribution in [1.29, 1.82) is 0 Å². The third-order valence-electron chi connectivity index (χ3n) is 7.63. The molecule has 13 heteroatoms. The minimum Gasteiger partial charge on any atom is -0.449 e. The van der Waals surface area contributed by atoms with Crippen molar-refractivity contribution in [3.05, 3.63) is 35.5 Å². The Labute approximate surface area is 225 Å². The molecule has 3 aliphatic heterocycles. The molecular weight excluding hydrogens is 515 g/mol. The number of rotatable bonds is 9. The van der Waals surface area contributed by atoms with Crippen molar-refractivity contribution in [2.75, 3.05) is 61.9 Å². The highest BCUT2D eigenvalue weighted by Crippen LogP contribution is 2.38. The topological polar surface area (TPSA) is 106 Å². The number of cyclic esters (lactones) is 1. The number of alkyl halides is 3. The van der Waals surface area contributed by atoms with Crippen LogP contribution in [0.3, 0.4) is 0 Å². The fraction of sp³-hybridized carbons (Fsp3) is 0.577. The minimum atomic E-state index is -4.65. The van der Waals surface area contributed by atoms with E-state index in [-0.39, 0.29) is 18.3 Å². The number of nitrogens with zero attached hydrogens (tertiary/aromatic N) is 5. The van der Waals surface area contributed by atoms with Gasteiger partial charge in [-0.1, -0.05) is 0 Å². The number of hydrogen-bond acceptors (Lipinski definition) is 9. The van der Waals surface area contributed by atoms with E-state index >= 15 is 0 Å². The van der Waals surface area contributed by atoms with Crippen LogP contribution in [0.5, 0.6) is 0 Å². The van der Waals surface area contributed by atoms with Crippen molar-refractivity contribution in [3.63, 3.8) is 0 Å². The molecule has 1 aromatic carbocycles. The zero-order valence-electron chi connectivity index (χ0n) is 22.0. The van der Waals surface area contributed by atoms with Crippen molar-refractivity contribution in [2.45, 2.75) is 50.6 Å². The molecule has 0 aliphatic carbocycles. The van der Waals surface area contributed by atoms with Crippen LogP contribution in [0.1, 0.15) is 43.4 Å². The molecule has 1 aromatic heterocycles. The lowest BCUT2D eigenvalue weighted by atomic mass is 10.1. The molecule has 0 saturated carbocycles. The highest BCUT2D eigenvalue weighted by Gasteiger charge is 2.41. The molecule has 3 atom stereocenters. The van der Waals surface area contributed by atoms with E-state index in [0.717, 1.165) is 37.8 Å². The van der Waals surface area contributed by atoms with Crippen LogP contribution in [-0.2, 0) is 10.9 Å². The zero-order chi connectivity index (χ0) is 27.7. The standard InChI is InChI=1S/C26H34F3N7O3/c1-16(37)20-12-17(36-15-18-11-19(36)14-34(18)2)5-6-22(20)32-24-31-13-21(26(27,28)29)23(33-24)30-7-3-8-35-9-4-10-39-25(35)38/h5-6,12-13,16,18-19,37H,3-4,7-11,14-15H2,1-2H3,(H2,30,31,32,33)/t16?,18-,19-/m1/s1. The number of hydrogen-bond donors (Lipinski definition) is 3. The second-order valence-electron chi connectivity index (χ2n) is 10.4. The highest BCUT2D eigenvalue weighted by molar-refractivity contribution is 5.68. The molecule has 39 heavy (non-hydrogen) atoms. The smallest absolute Gasteiger partial charge is 0.421 e. The van der Waals surface area contributed by atoms with E-state index in [2.05, 4.69) is 37.4 Å². The fourth-order valence-corrected chi connectivity index (χ4v) is 5.55. The summed E-state index contributed by atoms with van der Waals surface area (Å²) in [4.78, 5) is 26.0. The van der Waals surface area contributed by atoms with Gasteiger partial charge in [0.05, 0.1) is 12.7 Å². The van der Waals surface area contributed by atoms with Gasteiger partial charge < -0.3 is 30.3 Å². The molecule has 2 bridgehead atoms. The molecule has 4 heterocycles. The summed E-state index contributed by atoms with van der Waals surface area (Å²) in [6, 6.07) is 6.61. The number of aliphatic hydroxyl groups excluding tert-OH is 1. The minimum absolute atomic E-state index is 0.0263. The number of carbonyl (C=O) groups excluding carboxylic acids is 1. The third-order valence-corrected chi connectivity index (χ3v) is 7.63. The molecule has 3 saturated heterocycles. The SMILES string of the molecule is CC(O)c1cc(N2C[C@H]3C[C@@H]2CN3C)ccc1Nc1ncc(C(F)(F)F)c(NCCCN2CCCOC2=O)n1. The summed E-state index contributed by atoms with van der Waals surface area (Å²) >= 11 is 0. The quantitative estimate of drug-likeness (QED) is 0.403. The summed E-state index contributed by atoms with van der Waals surface area (Å²) < 4.78 is 46.0. The number of carbonyl (C=O) groups is 1. The van der Waals surface area contributed by atoms with Crippen LogP contribution >= 0.6 is 0 Å². The maximum atomic E-state index is 13.7. The van der Waals surface area contributed by atoms with E-state index in [9.17, 15) is 23.1 Å². The van der Waals surface area contributed by atoms with Gasteiger partial charge in [-0.3, -0.25) is 4.90 Å². The van der Waals surface area contributed by atoms with Gasteiger partial charge in [0, 0.05) is 67.9 Å². The third kappa shape index (κ3) is 5.98. The molecule has 10 nitrogen and oxygen atoms in total. The summed E-state index contributed by atoms with van der Waals surface area (Å²) in [6.45, 7) is 5.04. The van der Waals surface area contributed by atoms with Crippen molar-refractivity contribution in [1.82, 2.24) is 19.8 Å². The molecular formula is C26H34F3N7O3. The lowest BCUT2D eigenvalue weighted by molar-refractivity contribution is -0.137. The molecule has 2 aromatic rings. The van der Waals surface area contributed by atoms with Crippen LogP contribution < -0.4 is 15.5 Å². The first-order chi connectivity index (χ1) is 18.6. The number of aliphatic hydroxyl groups is 1. The summed E-state index contributed by atoms with van der Waals surface area (Å²) in [5, 5.41) is 16.2. The van der Waals surface area contributed by atoms with Gasteiger partial charge in [-0.25, -0.2) is 9.78 Å². The van der Waals surface area contributed by atoms with Gasteiger partial charge in [0.15, 0.2) is 0 Å². The van der Waals surface area contributed by atoms with Crippen LogP contribution in [0.15, 0.2) is 24.4 Å². The van der Waals surface area contributed by atoms with Gasteiger partial charge in [0.1, 0.15) is 11.4 Å². The first kappa shape index (κ1) is 27.3. The molecule has 3 N–H and O–H groups in total. The summed E-state index contributed by atoms with van der Waals surface area (Å²) in [6.07, 6.45) is -2.87. The fourth-order valence-electron chi connectivity index (χ4n) is 5.55. The van der Waals surface area contributed by atoms with Crippen LogP contribution in [0.4, 0.5) is 41.1 Å². The molecule has 1 unspecified atom stereocenters. The first-order valence-electron chi connectivity index (χ1n) is 13.3. The number of ether oxygens (including phenoxy) is 1. The van der Waals surface area contributed by atoms with Crippen molar-refractivity contribution >= 4 is 29.2 Å². The van der Waals surface area contributed by atoms with Gasteiger partial charge in [0.2, 0.25) is 5.95 Å². The Hall–Kier alpha value is -3.32. The number of anilines is 4. The van der Waals surface area contributed by atoms with E-state index in [4.69, 9.17) is 4.74 Å². The second kappa shape index (κ2) is 11.0. The Balaban J connectivity index is 1.30. The molecule has 0 radical (unpaired) electrons. The van der Waals surface area contributed by atoms with Crippen molar-refractivity contribution in [2.24, 2.45) is 0 Å². The van der Waals surface area contributed by atoms with Gasteiger partial charge >= 0.3 is 12.3 Å². The predicted octanol–water partition coefficient (Wildman–Crippen LogP) is 3.83. The van der Waals surface area contributed by atoms with Gasteiger partial charge in [-0.05, 0) is 51.4 Å². The van der Waals surface area contributed by atoms with Gasteiger partial charge in [-0.15, -0.1) is 0 Å². The Kier molecular flexibility index (Phi) is 7.72. The number of piperazine rings is 1. The molecule has 3 fully saturated rings. The summed E-state index contributed by atoms with van der Waals surface area (Å²) in [5.41, 5.74) is 1.15. The normalized spacial score (nSPS) is 22.3. The van der Waals surface area contributed by atoms with Gasteiger partial charge in [0.25, 0.3) is 0 Å².